The largest absolute Gasteiger partial charge is 0.497 e. The minimum Gasteiger partial charge on any atom is -0.497 e. The predicted molar refractivity (Wildman–Crippen MR) is 95.3 cm³/mol. The highest BCUT2D eigenvalue weighted by Crippen LogP contribution is 2.37. The van der Waals surface area contributed by atoms with Crippen LogP contribution in [0.3, 0.4) is 0 Å². The summed E-state index contributed by atoms with van der Waals surface area (Å²) in [6.45, 7) is 4.43. The zero-order valence-electron chi connectivity index (χ0n) is 13.7. The van der Waals surface area contributed by atoms with Gasteiger partial charge in [-0.2, -0.15) is 0 Å². The molecule has 0 spiro atoms. The van der Waals surface area contributed by atoms with Gasteiger partial charge in [0.25, 0.3) is 0 Å². The van der Waals surface area contributed by atoms with E-state index < -0.39 is 0 Å². The van der Waals surface area contributed by atoms with Crippen molar-refractivity contribution >= 4 is 11.6 Å². The van der Waals surface area contributed by atoms with Gasteiger partial charge in [0, 0.05) is 10.9 Å². The van der Waals surface area contributed by atoms with Gasteiger partial charge in [0.2, 0.25) is 0 Å². The van der Waals surface area contributed by atoms with E-state index in [4.69, 9.17) is 16.3 Å². The van der Waals surface area contributed by atoms with Crippen LogP contribution < -0.4 is 0 Å². The number of ether oxygens (including phenoxy) is 1. The fourth-order valence-corrected chi connectivity index (χ4v) is 3.22. The fourth-order valence-electron chi connectivity index (χ4n) is 2.96. The molecule has 0 amide bonds. The van der Waals surface area contributed by atoms with Crippen molar-refractivity contribution in [2.24, 2.45) is 0 Å². The Bertz CT molecular complexity index is 595. The second-order valence-electron chi connectivity index (χ2n) is 5.71. The summed E-state index contributed by atoms with van der Waals surface area (Å²) in [6.07, 6.45) is 11.1. The molecule has 0 radical (unpaired) electrons. The first-order valence-electron chi connectivity index (χ1n) is 8.10. The number of rotatable bonds is 6. The summed E-state index contributed by atoms with van der Waals surface area (Å²) in [5.41, 5.74) is 3.92. The molecule has 22 heavy (non-hydrogen) atoms. The van der Waals surface area contributed by atoms with E-state index >= 15 is 0 Å². The second-order valence-corrected chi connectivity index (χ2v) is 6.12. The summed E-state index contributed by atoms with van der Waals surface area (Å²) >= 11 is 6.45. The third kappa shape index (κ3) is 4.04. The molecule has 0 bridgehead atoms. The second kappa shape index (κ2) is 8.24. The molecule has 0 unspecified atom stereocenters. The molecule has 1 aromatic carbocycles. The van der Waals surface area contributed by atoms with Gasteiger partial charge in [0.15, 0.2) is 0 Å². The molecule has 2 heteroatoms. The molecule has 2 rings (SSSR count). The molecule has 118 valence electrons. The number of benzene rings is 1. The number of hydrogen-bond acceptors (Lipinski definition) is 1. The van der Waals surface area contributed by atoms with Crippen LogP contribution in [0.5, 0.6) is 0 Å². The van der Waals surface area contributed by atoms with Crippen LogP contribution in [0.15, 0.2) is 59.4 Å². The van der Waals surface area contributed by atoms with Crippen LogP contribution in [0, 0.1) is 0 Å². The average molecular weight is 317 g/mol. The molecule has 1 aliphatic rings. The highest BCUT2D eigenvalue weighted by atomic mass is 35.5. The molecule has 1 aliphatic carbocycles. The molecule has 0 N–H and O–H groups in total. The molecule has 0 aromatic heterocycles. The predicted octanol–water partition coefficient (Wildman–Crippen LogP) is 6.42. The van der Waals surface area contributed by atoms with Crippen molar-refractivity contribution in [3.63, 3.8) is 0 Å². The van der Waals surface area contributed by atoms with Gasteiger partial charge in [-0.3, -0.25) is 0 Å². The van der Waals surface area contributed by atoms with Crippen LogP contribution in [0.25, 0.3) is 0 Å². The van der Waals surface area contributed by atoms with Gasteiger partial charge < -0.3 is 4.74 Å². The first kappa shape index (κ1) is 16.9. The van der Waals surface area contributed by atoms with Crippen molar-refractivity contribution in [2.45, 2.75) is 45.4 Å². The summed E-state index contributed by atoms with van der Waals surface area (Å²) in [5, 5.41) is 0.820. The van der Waals surface area contributed by atoms with E-state index in [9.17, 15) is 0 Å². The first-order valence-corrected chi connectivity index (χ1v) is 8.48. The van der Waals surface area contributed by atoms with E-state index in [1.54, 1.807) is 7.11 Å². The maximum Gasteiger partial charge on any atom is 0.116 e. The first-order chi connectivity index (χ1) is 10.7. The van der Waals surface area contributed by atoms with Gasteiger partial charge in [0.1, 0.15) is 5.76 Å². The van der Waals surface area contributed by atoms with Gasteiger partial charge in [-0.15, -0.1) is 0 Å². The lowest BCUT2D eigenvalue weighted by atomic mass is 9.87. The van der Waals surface area contributed by atoms with Crippen LogP contribution in [0.2, 0.25) is 5.02 Å². The Kier molecular flexibility index (Phi) is 6.33. The standard InChI is InChI=1S/C20H25ClO/c1-4-8-15-12-16(9-5-2)19(14-17(13-15)22-3)18-10-6-7-11-20(18)21/h6-7,10-14,19H,4-5,8-9H2,1-3H3/t19-/m1/s1. The number of halogens is 1. The number of methoxy groups -OCH3 is 1. The average Bonchev–Trinajstić information content (AvgIpc) is 2.68. The monoisotopic (exact) mass is 316 g/mol. The van der Waals surface area contributed by atoms with Crippen molar-refractivity contribution in [3.8, 4) is 0 Å². The van der Waals surface area contributed by atoms with Gasteiger partial charge in [-0.25, -0.2) is 0 Å². The third-order valence-electron chi connectivity index (χ3n) is 3.98. The zero-order valence-corrected chi connectivity index (χ0v) is 14.5. The summed E-state index contributed by atoms with van der Waals surface area (Å²) in [5.74, 6) is 1.12. The highest BCUT2D eigenvalue weighted by molar-refractivity contribution is 6.31. The van der Waals surface area contributed by atoms with E-state index in [1.807, 2.05) is 12.1 Å². The maximum absolute atomic E-state index is 6.45. The van der Waals surface area contributed by atoms with E-state index in [0.29, 0.717) is 0 Å². The van der Waals surface area contributed by atoms with Crippen LogP contribution in [-0.4, -0.2) is 7.11 Å². The van der Waals surface area contributed by atoms with Crippen molar-refractivity contribution in [1.82, 2.24) is 0 Å². The molecule has 0 saturated carbocycles. The van der Waals surface area contributed by atoms with Gasteiger partial charge in [-0.05, 0) is 42.2 Å². The normalized spacial score (nSPS) is 18.2. The van der Waals surface area contributed by atoms with Crippen LogP contribution >= 0.6 is 11.6 Å². The maximum atomic E-state index is 6.45. The SMILES string of the molecule is CCCC1=CC(OC)=C[C@@H](c2ccccc2Cl)C(CCC)=C1. The number of allylic oxidation sites excluding steroid dienone is 5. The highest BCUT2D eigenvalue weighted by Gasteiger charge is 2.20. The van der Waals surface area contributed by atoms with Crippen molar-refractivity contribution in [3.05, 3.63) is 70.0 Å². The van der Waals surface area contributed by atoms with Gasteiger partial charge in [-0.1, -0.05) is 68.1 Å². The van der Waals surface area contributed by atoms with E-state index in [0.717, 1.165) is 42.0 Å². The Labute approximate surface area is 139 Å². The van der Waals surface area contributed by atoms with Gasteiger partial charge in [0.05, 0.1) is 7.11 Å². The smallest absolute Gasteiger partial charge is 0.116 e. The summed E-state index contributed by atoms with van der Waals surface area (Å²) < 4.78 is 5.57. The van der Waals surface area contributed by atoms with E-state index in [2.05, 4.69) is 44.2 Å². The molecule has 1 nitrogen and oxygen atoms in total. The molecule has 0 heterocycles. The molecule has 0 aliphatic heterocycles. The molecule has 0 fully saturated rings. The molecule has 1 atom stereocenters. The lowest BCUT2D eigenvalue weighted by molar-refractivity contribution is 0.304. The minimum atomic E-state index is 0.189. The lowest BCUT2D eigenvalue weighted by Crippen LogP contribution is -2.02. The molecule has 0 saturated heterocycles. The summed E-state index contributed by atoms with van der Waals surface area (Å²) in [4.78, 5) is 0. The zero-order chi connectivity index (χ0) is 15.9. The Morgan fingerprint density at radius 1 is 1.05 bits per heavy atom. The van der Waals surface area contributed by atoms with E-state index in [-0.39, 0.29) is 5.92 Å². The lowest BCUT2D eigenvalue weighted by Gasteiger charge is -2.19. The topological polar surface area (TPSA) is 9.23 Å². The Morgan fingerprint density at radius 3 is 2.41 bits per heavy atom. The van der Waals surface area contributed by atoms with Gasteiger partial charge >= 0.3 is 0 Å². The van der Waals surface area contributed by atoms with Crippen molar-refractivity contribution in [1.29, 1.82) is 0 Å². The van der Waals surface area contributed by atoms with E-state index in [1.165, 1.54) is 11.1 Å². The quantitative estimate of drug-likeness (QED) is 0.588. The molecular weight excluding hydrogens is 292 g/mol. The third-order valence-corrected chi connectivity index (χ3v) is 4.33. The molecular formula is C20H25ClO. The fraction of sp³-hybridized carbons (Fsp3) is 0.400. The summed E-state index contributed by atoms with van der Waals surface area (Å²) in [7, 11) is 1.74. The minimum absolute atomic E-state index is 0.189. The molecule has 1 aromatic rings. The van der Waals surface area contributed by atoms with Crippen LogP contribution in [0.4, 0.5) is 0 Å². The van der Waals surface area contributed by atoms with Crippen LogP contribution in [0.1, 0.15) is 51.0 Å². The Hall–Kier alpha value is -1.47. The Balaban J connectivity index is 2.50. The Morgan fingerprint density at radius 2 is 1.77 bits per heavy atom. The number of hydrogen-bond donors (Lipinski definition) is 0. The summed E-state index contributed by atoms with van der Waals surface area (Å²) in [6, 6.07) is 8.11. The van der Waals surface area contributed by atoms with Crippen molar-refractivity contribution < 1.29 is 4.74 Å². The van der Waals surface area contributed by atoms with Crippen LogP contribution in [-0.2, 0) is 4.74 Å². The van der Waals surface area contributed by atoms with Crippen molar-refractivity contribution in [2.75, 3.05) is 7.11 Å².